The molecule has 0 aliphatic heterocycles. The lowest BCUT2D eigenvalue weighted by atomic mass is 9.61. The highest BCUT2D eigenvalue weighted by Gasteiger charge is 2.56. The lowest BCUT2D eigenvalue weighted by molar-refractivity contribution is -0.120. The number of carbonyl (C=O) groups is 2. The summed E-state index contributed by atoms with van der Waals surface area (Å²) in [6.07, 6.45) is 2.56. The molecule has 0 radical (unpaired) electrons. The van der Waals surface area contributed by atoms with Crippen molar-refractivity contribution in [1.82, 2.24) is 0 Å². The Kier molecular flexibility index (Phi) is 3.11. The Morgan fingerprint density at radius 2 is 1.96 bits per heavy atom. The molecule has 0 saturated heterocycles. The van der Waals surface area contributed by atoms with Gasteiger partial charge in [0.2, 0.25) is 0 Å². The second-order valence-corrected chi connectivity index (χ2v) is 7.03. The first-order valence-electron chi connectivity index (χ1n) is 8.06. The average molecular weight is 326 g/mol. The van der Waals surface area contributed by atoms with Gasteiger partial charge in [-0.2, -0.15) is 0 Å². The third-order valence-corrected chi connectivity index (χ3v) is 5.37. The number of ketones is 2. The number of phenols is 1. The number of carbonyl (C=O) groups excluding carboxylic acids is 2. The van der Waals surface area contributed by atoms with Gasteiger partial charge < -0.3 is 15.3 Å². The number of benzene rings is 1. The molecule has 1 aromatic carbocycles. The van der Waals surface area contributed by atoms with Gasteiger partial charge >= 0.3 is 0 Å². The first-order chi connectivity index (χ1) is 11.3. The molecule has 5 heteroatoms. The van der Waals surface area contributed by atoms with E-state index >= 15 is 0 Å². The molecule has 0 saturated carbocycles. The number of Topliss-reactive ketones (excluding diaryl/α,β-unsaturated/α-hetero) is 2. The van der Waals surface area contributed by atoms with E-state index in [-0.39, 0.29) is 28.6 Å². The average Bonchev–Trinajstić information content (AvgIpc) is 2.53. The molecule has 0 fully saturated rings. The van der Waals surface area contributed by atoms with Crippen molar-refractivity contribution in [3.8, 4) is 5.75 Å². The summed E-state index contributed by atoms with van der Waals surface area (Å²) >= 11 is 0. The summed E-state index contributed by atoms with van der Waals surface area (Å²) < 4.78 is 0. The van der Waals surface area contributed by atoms with Crippen LogP contribution >= 0.6 is 0 Å². The van der Waals surface area contributed by atoms with Crippen LogP contribution < -0.4 is 0 Å². The van der Waals surface area contributed by atoms with E-state index in [0.717, 1.165) is 5.57 Å². The smallest absolute Gasteiger partial charge is 0.174 e. The van der Waals surface area contributed by atoms with Crippen molar-refractivity contribution in [2.45, 2.75) is 31.5 Å². The first kappa shape index (κ1) is 15.3. The summed E-state index contributed by atoms with van der Waals surface area (Å²) in [5, 5.41) is 31.8. The Labute approximate surface area is 138 Å². The molecule has 0 aromatic heterocycles. The van der Waals surface area contributed by atoms with Gasteiger partial charge in [0.25, 0.3) is 0 Å². The molecule has 4 atom stereocenters. The zero-order valence-corrected chi connectivity index (χ0v) is 13.2. The van der Waals surface area contributed by atoms with Gasteiger partial charge in [-0.15, -0.1) is 0 Å². The number of fused-ring (bicyclic) bond motifs is 3. The van der Waals surface area contributed by atoms with Gasteiger partial charge in [-0.05, 0) is 30.1 Å². The SMILES string of the molecule is C[C@@H]1CC(=O)C2=C(C=C[C@@]3(O)[C@@H]2C(=O)c2cccc(O)c2[C@@H]3O)C1. The zero-order chi connectivity index (χ0) is 17.2. The number of hydrogen-bond donors (Lipinski definition) is 3. The highest BCUT2D eigenvalue weighted by molar-refractivity contribution is 6.11. The predicted molar refractivity (Wildman–Crippen MR) is 85.4 cm³/mol. The van der Waals surface area contributed by atoms with Crippen LogP contribution in [0.5, 0.6) is 5.75 Å². The second-order valence-electron chi connectivity index (χ2n) is 7.03. The molecule has 5 nitrogen and oxygen atoms in total. The number of phenolic OH excluding ortho intramolecular Hbond substituents is 1. The van der Waals surface area contributed by atoms with Crippen molar-refractivity contribution in [3.63, 3.8) is 0 Å². The molecule has 124 valence electrons. The summed E-state index contributed by atoms with van der Waals surface area (Å²) in [6, 6.07) is 4.39. The zero-order valence-electron chi connectivity index (χ0n) is 13.2. The van der Waals surface area contributed by atoms with Gasteiger partial charge in [0.15, 0.2) is 11.6 Å². The van der Waals surface area contributed by atoms with Gasteiger partial charge in [-0.1, -0.05) is 25.1 Å². The number of aliphatic hydroxyl groups is 2. The number of allylic oxidation sites excluding steroid dienone is 2. The molecule has 3 aliphatic carbocycles. The normalized spacial score (nSPS) is 34.7. The minimum Gasteiger partial charge on any atom is -0.508 e. The standard InChI is InChI=1S/C19H18O5/c1-9-7-10-5-6-19(24)16(14(10)13(21)8-9)17(22)11-3-2-4-12(20)15(11)18(19)23/h2-6,9,16,18,20,23-24H,7-8H2,1H3/t9-,16-,18-,19+/m0/s1. The maximum atomic E-state index is 13.0. The molecule has 3 N–H and O–H groups in total. The summed E-state index contributed by atoms with van der Waals surface area (Å²) in [6.45, 7) is 1.97. The van der Waals surface area contributed by atoms with Crippen molar-refractivity contribution < 1.29 is 24.9 Å². The second kappa shape index (κ2) is 4.88. The van der Waals surface area contributed by atoms with Crippen LogP contribution in [0.15, 0.2) is 41.5 Å². The third-order valence-electron chi connectivity index (χ3n) is 5.37. The fourth-order valence-electron chi connectivity index (χ4n) is 4.26. The Balaban J connectivity index is 1.96. The Hall–Kier alpha value is -2.24. The van der Waals surface area contributed by atoms with E-state index in [0.29, 0.717) is 18.4 Å². The molecule has 1 aromatic rings. The van der Waals surface area contributed by atoms with Crippen LogP contribution in [0.1, 0.15) is 41.8 Å². The molecule has 0 bridgehead atoms. The quantitative estimate of drug-likeness (QED) is 0.676. The van der Waals surface area contributed by atoms with E-state index < -0.39 is 23.4 Å². The lowest BCUT2D eigenvalue weighted by Gasteiger charge is -2.45. The fourth-order valence-corrected chi connectivity index (χ4v) is 4.26. The summed E-state index contributed by atoms with van der Waals surface area (Å²) in [4.78, 5) is 25.6. The van der Waals surface area contributed by atoms with Gasteiger partial charge in [-0.3, -0.25) is 9.59 Å². The molecule has 0 spiro atoms. The minimum atomic E-state index is -1.92. The maximum Gasteiger partial charge on any atom is 0.174 e. The van der Waals surface area contributed by atoms with Crippen molar-refractivity contribution in [2.75, 3.05) is 0 Å². The van der Waals surface area contributed by atoms with E-state index in [9.17, 15) is 24.9 Å². The molecule has 4 rings (SSSR count). The Bertz CT molecular complexity index is 834. The third kappa shape index (κ3) is 1.82. The van der Waals surface area contributed by atoms with Gasteiger partial charge in [0.1, 0.15) is 17.5 Å². The van der Waals surface area contributed by atoms with Crippen LogP contribution in [0.2, 0.25) is 0 Å². The molecule has 3 aliphatic rings. The Morgan fingerprint density at radius 1 is 1.21 bits per heavy atom. The summed E-state index contributed by atoms with van der Waals surface area (Å²) in [7, 11) is 0. The van der Waals surface area contributed by atoms with E-state index in [2.05, 4.69) is 0 Å². The molecule has 24 heavy (non-hydrogen) atoms. The minimum absolute atomic E-state index is 0.0200. The topological polar surface area (TPSA) is 94.8 Å². The van der Waals surface area contributed by atoms with E-state index in [1.807, 2.05) is 6.92 Å². The van der Waals surface area contributed by atoms with Gasteiger partial charge in [-0.25, -0.2) is 0 Å². The largest absolute Gasteiger partial charge is 0.508 e. The van der Waals surface area contributed by atoms with Crippen molar-refractivity contribution in [3.05, 3.63) is 52.6 Å². The van der Waals surface area contributed by atoms with Crippen LogP contribution in [-0.2, 0) is 4.79 Å². The Morgan fingerprint density at radius 3 is 2.71 bits per heavy atom. The number of aliphatic hydroxyl groups excluding tert-OH is 1. The molecule has 0 heterocycles. The number of hydrogen-bond acceptors (Lipinski definition) is 5. The molecular formula is C19H18O5. The highest BCUT2D eigenvalue weighted by atomic mass is 16.3. The highest BCUT2D eigenvalue weighted by Crippen LogP contribution is 2.52. The predicted octanol–water partition coefficient (Wildman–Crippen LogP) is 1.83. The lowest BCUT2D eigenvalue weighted by Crippen LogP contribution is -2.53. The monoisotopic (exact) mass is 326 g/mol. The van der Waals surface area contributed by atoms with Gasteiger partial charge in [0, 0.05) is 23.1 Å². The number of rotatable bonds is 0. The maximum absolute atomic E-state index is 13.0. The van der Waals surface area contributed by atoms with Crippen molar-refractivity contribution in [1.29, 1.82) is 0 Å². The van der Waals surface area contributed by atoms with E-state index in [1.165, 1.54) is 24.3 Å². The summed E-state index contributed by atoms with van der Waals surface area (Å²) in [5.74, 6) is -1.76. The first-order valence-corrected chi connectivity index (χ1v) is 8.06. The van der Waals surface area contributed by atoms with Gasteiger partial charge in [0.05, 0.1) is 5.92 Å². The van der Waals surface area contributed by atoms with Crippen LogP contribution in [0, 0.1) is 11.8 Å². The van der Waals surface area contributed by atoms with E-state index in [1.54, 1.807) is 6.08 Å². The number of aromatic hydroxyl groups is 1. The van der Waals surface area contributed by atoms with Crippen molar-refractivity contribution in [2.24, 2.45) is 11.8 Å². The van der Waals surface area contributed by atoms with Crippen molar-refractivity contribution >= 4 is 11.6 Å². The summed E-state index contributed by atoms with van der Waals surface area (Å²) in [5.41, 5.74) is -0.663. The molecular weight excluding hydrogens is 308 g/mol. The van der Waals surface area contributed by atoms with Crippen LogP contribution in [0.3, 0.4) is 0 Å². The fraction of sp³-hybridized carbons (Fsp3) is 0.368. The van der Waals surface area contributed by atoms with E-state index in [4.69, 9.17) is 0 Å². The van der Waals surface area contributed by atoms with Crippen LogP contribution in [0.25, 0.3) is 0 Å². The molecule has 0 unspecified atom stereocenters. The van der Waals surface area contributed by atoms with Crippen LogP contribution in [0.4, 0.5) is 0 Å². The molecule has 0 amide bonds. The van der Waals surface area contributed by atoms with Crippen LogP contribution in [-0.4, -0.2) is 32.5 Å².